The van der Waals surface area contributed by atoms with Crippen molar-refractivity contribution in [3.63, 3.8) is 0 Å². The summed E-state index contributed by atoms with van der Waals surface area (Å²) in [6.45, 7) is 0.192. The highest BCUT2D eigenvalue weighted by atomic mass is 32.2. The third-order valence-electron chi connectivity index (χ3n) is 4.03. The molecule has 30 heavy (non-hydrogen) atoms. The van der Waals surface area contributed by atoms with Gasteiger partial charge in [0.2, 0.25) is 0 Å². The molecule has 0 aromatic heterocycles. The molecule has 6 nitrogen and oxygen atoms in total. The van der Waals surface area contributed by atoms with Gasteiger partial charge in [0.15, 0.2) is 5.96 Å². The molecule has 0 aliphatic rings. The molecular formula is C21H27F2N3O3S. The summed E-state index contributed by atoms with van der Waals surface area (Å²) in [7, 11) is 0.486. The lowest BCUT2D eigenvalue weighted by molar-refractivity contribution is -0.0504. The maximum Gasteiger partial charge on any atom is 0.387 e. The minimum absolute atomic E-state index is 0.0503. The summed E-state index contributed by atoms with van der Waals surface area (Å²) >= 11 is 0. The van der Waals surface area contributed by atoms with Gasteiger partial charge in [-0.2, -0.15) is 8.78 Å². The molecule has 1 atom stereocenters. The maximum absolute atomic E-state index is 12.7. The van der Waals surface area contributed by atoms with E-state index in [0.717, 1.165) is 5.56 Å². The first-order valence-corrected chi connectivity index (χ1v) is 11.0. The molecule has 2 aromatic rings. The lowest BCUT2D eigenvalue weighted by Crippen LogP contribution is -2.39. The van der Waals surface area contributed by atoms with Crippen LogP contribution in [0.25, 0.3) is 0 Å². The van der Waals surface area contributed by atoms with Gasteiger partial charge < -0.3 is 20.1 Å². The molecule has 0 saturated heterocycles. The highest BCUT2D eigenvalue weighted by Crippen LogP contribution is 2.26. The molecule has 0 spiro atoms. The predicted octanol–water partition coefficient (Wildman–Crippen LogP) is 3.30. The topological polar surface area (TPSA) is 72.0 Å². The van der Waals surface area contributed by atoms with Crippen LogP contribution in [0.5, 0.6) is 11.5 Å². The number of halogens is 2. The number of rotatable bonds is 11. The van der Waals surface area contributed by atoms with E-state index in [1.165, 1.54) is 13.2 Å². The molecule has 2 rings (SSSR count). The van der Waals surface area contributed by atoms with E-state index < -0.39 is 17.4 Å². The van der Waals surface area contributed by atoms with Crippen molar-refractivity contribution in [1.82, 2.24) is 10.6 Å². The van der Waals surface area contributed by atoms with E-state index in [2.05, 4.69) is 20.4 Å². The van der Waals surface area contributed by atoms with Gasteiger partial charge in [-0.05, 0) is 30.7 Å². The first-order valence-electron chi connectivity index (χ1n) is 9.54. The molecule has 0 aliphatic heterocycles. The summed E-state index contributed by atoms with van der Waals surface area (Å²) in [6.07, 6.45) is 0. The number of aliphatic imine (C=N–C) groups is 1. The van der Waals surface area contributed by atoms with Crippen LogP contribution in [-0.2, 0) is 23.1 Å². The first-order chi connectivity index (χ1) is 14.5. The Morgan fingerprint density at radius 1 is 1.17 bits per heavy atom. The third kappa shape index (κ3) is 8.36. The minimum atomic E-state index is -2.92. The highest BCUT2D eigenvalue weighted by molar-refractivity contribution is 7.84. The molecule has 0 bridgehead atoms. The molecule has 0 aliphatic carbocycles. The van der Waals surface area contributed by atoms with Crippen LogP contribution < -0.4 is 20.1 Å². The summed E-state index contributed by atoms with van der Waals surface area (Å²) in [4.78, 5) is 4.42. The number of hydrogen-bond donors (Lipinski definition) is 2. The molecular weight excluding hydrogens is 412 g/mol. The molecule has 1 unspecified atom stereocenters. The average molecular weight is 440 g/mol. The Morgan fingerprint density at radius 3 is 2.60 bits per heavy atom. The van der Waals surface area contributed by atoms with E-state index in [1.807, 2.05) is 37.3 Å². The normalized spacial score (nSPS) is 12.5. The van der Waals surface area contributed by atoms with E-state index in [9.17, 15) is 13.0 Å². The maximum atomic E-state index is 12.7. The van der Waals surface area contributed by atoms with E-state index >= 15 is 0 Å². The van der Waals surface area contributed by atoms with Crippen molar-refractivity contribution in [1.29, 1.82) is 0 Å². The van der Waals surface area contributed by atoms with Gasteiger partial charge in [0, 0.05) is 41.0 Å². The van der Waals surface area contributed by atoms with Crippen molar-refractivity contribution in [3.8, 4) is 11.5 Å². The largest absolute Gasteiger partial charge is 0.497 e. The van der Waals surface area contributed by atoms with Crippen LogP contribution in [0.3, 0.4) is 0 Å². The van der Waals surface area contributed by atoms with Gasteiger partial charge in [0.25, 0.3) is 0 Å². The molecule has 0 fully saturated rings. The number of alkyl halides is 2. The fourth-order valence-electron chi connectivity index (χ4n) is 2.64. The molecule has 2 aromatic carbocycles. The fraction of sp³-hybridized carbons (Fsp3) is 0.381. The SMILES string of the molecule is CCNC(=NCc1cc(OC)ccc1OC(F)F)NCCS(=O)Cc1ccccc1. The number of hydrogen-bond acceptors (Lipinski definition) is 4. The lowest BCUT2D eigenvalue weighted by Gasteiger charge is -2.13. The van der Waals surface area contributed by atoms with Gasteiger partial charge >= 0.3 is 6.61 Å². The Bertz CT molecular complexity index is 836. The number of nitrogens with one attached hydrogen (secondary N) is 2. The van der Waals surface area contributed by atoms with Gasteiger partial charge in [0.05, 0.1) is 13.7 Å². The van der Waals surface area contributed by atoms with Crippen molar-refractivity contribution in [3.05, 3.63) is 59.7 Å². The number of benzene rings is 2. The molecule has 0 amide bonds. The Kier molecular flexibility index (Phi) is 10.1. The van der Waals surface area contributed by atoms with E-state index in [0.29, 0.717) is 41.9 Å². The zero-order valence-corrected chi connectivity index (χ0v) is 17.9. The van der Waals surface area contributed by atoms with Crippen molar-refractivity contribution >= 4 is 16.8 Å². The van der Waals surface area contributed by atoms with Crippen molar-refractivity contribution in [2.24, 2.45) is 4.99 Å². The average Bonchev–Trinajstić information content (AvgIpc) is 2.73. The fourth-order valence-corrected chi connectivity index (χ4v) is 3.68. The molecule has 2 N–H and O–H groups in total. The Labute approximate surface area is 178 Å². The number of nitrogens with zero attached hydrogens (tertiary/aromatic N) is 1. The number of ether oxygens (including phenoxy) is 2. The van der Waals surface area contributed by atoms with Gasteiger partial charge in [-0.15, -0.1) is 0 Å². The Balaban J connectivity index is 1.96. The van der Waals surface area contributed by atoms with Crippen molar-refractivity contribution in [2.75, 3.05) is 26.0 Å². The van der Waals surface area contributed by atoms with Crippen LogP contribution in [0.15, 0.2) is 53.5 Å². The summed E-state index contributed by atoms with van der Waals surface area (Å²) in [5.74, 6) is 2.03. The third-order valence-corrected chi connectivity index (χ3v) is 5.34. The van der Waals surface area contributed by atoms with Crippen molar-refractivity contribution in [2.45, 2.75) is 25.8 Å². The zero-order chi connectivity index (χ0) is 21.8. The van der Waals surface area contributed by atoms with Crippen molar-refractivity contribution < 1.29 is 22.5 Å². The van der Waals surface area contributed by atoms with Gasteiger partial charge in [-0.1, -0.05) is 30.3 Å². The molecule has 0 radical (unpaired) electrons. The summed E-state index contributed by atoms with van der Waals surface area (Å²) in [5, 5.41) is 6.21. The first kappa shape index (κ1) is 23.6. The summed E-state index contributed by atoms with van der Waals surface area (Å²) in [5.41, 5.74) is 1.50. The van der Waals surface area contributed by atoms with Crippen LogP contribution in [0.1, 0.15) is 18.1 Å². The minimum Gasteiger partial charge on any atom is -0.497 e. The van der Waals surface area contributed by atoms with Gasteiger partial charge in [0.1, 0.15) is 11.5 Å². The monoisotopic (exact) mass is 439 g/mol. The molecule has 0 saturated carbocycles. The van der Waals surface area contributed by atoms with Crippen LogP contribution in [0, 0.1) is 0 Å². The second kappa shape index (κ2) is 12.8. The van der Waals surface area contributed by atoms with E-state index in [4.69, 9.17) is 4.74 Å². The second-order valence-electron chi connectivity index (χ2n) is 6.25. The highest BCUT2D eigenvalue weighted by Gasteiger charge is 2.11. The van der Waals surface area contributed by atoms with Gasteiger partial charge in [-0.25, -0.2) is 4.99 Å². The standard InChI is InChI=1S/C21H27F2N3O3S/c1-3-24-21(25-11-12-30(27)15-16-7-5-4-6-8-16)26-14-17-13-18(28-2)9-10-19(17)29-20(22)23/h4-10,13,20H,3,11-12,14-15H2,1-2H3,(H2,24,25,26). The van der Waals surface area contributed by atoms with Crippen LogP contribution in [-0.4, -0.2) is 42.7 Å². The Morgan fingerprint density at radius 2 is 1.93 bits per heavy atom. The lowest BCUT2D eigenvalue weighted by atomic mass is 10.2. The molecule has 9 heteroatoms. The molecule has 164 valence electrons. The predicted molar refractivity (Wildman–Crippen MR) is 116 cm³/mol. The summed E-state index contributed by atoms with van der Waals surface area (Å²) < 4.78 is 47.3. The van der Waals surface area contributed by atoms with E-state index in [-0.39, 0.29) is 12.3 Å². The molecule has 0 heterocycles. The van der Waals surface area contributed by atoms with E-state index in [1.54, 1.807) is 12.1 Å². The number of guanidine groups is 1. The van der Waals surface area contributed by atoms with Crippen LogP contribution in [0.4, 0.5) is 8.78 Å². The second-order valence-corrected chi connectivity index (χ2v) is 7.82. The number of methoxy groups -OCH3 is 1. The quantitative estimate of drug-likeness (QED) is 0.415. The smallest absolute Gasteiger partial charge is 0.387 e. The zero-order valence-electron chi connectivity index (χ0n) is 17.1. The van der Waals surface area contributed by atoms with Crippen LogP contribution >= 0.6 is 0 Å². The van der Waals surface area contributed by atoms with Crippen LogP contribution in [0.2, 0.25) is 0 Å². The van der Waals surface area contributed by atoms with Gasteiger partial charge in [-0.3, -0.25) is 4.21 Å². The summed E-state index contributed by atoms with van der Waals surface area (Å²) in [6, 6.07) is 14.3. The Hall–Kier alpha value is -2.68.